The fourth-order valence-electron chi connectivity index (χ4n) is 2.40. The molecule has 0 aromatic carbocycles. The Labute approximate surface area is 115 Å². The first-order valence-electron chi connectivity index (χ1n) is 5.87. The van der Waals surface area contributed by atoms with Crippen LogP contribution in [0.4, 0.5) is 26.3 Å². The number of allylic oxidation sites excluding steroid dienone is 8. The molecule has 0 radical (unpaired) electrons. The molecule has 6 heteroatoms. The summed E-state index contributed by atoms with van der Waals surface area (Å²) in [6.07, 6.45) is 7.00. The Kier molecular flexibility index (Phi) is 2.59. The van der Waals surface area contributed by atoms with Crippen LogP contribution >= 0.6 is 0 Å². The van der Waals surface area contributed by atoms with Gasteiger partial charge in [-0.1, -0.05) is 12.2 Å². The zero-order valence-corrected chi connectivity index (χ0v) is 10.2. The van der Waals surface area contributed by atoms with Gasteiger partial charge in [-0.2, -0.15) is 26.3 Å². The number of alkyl halides is 6. The molecular formula is C15H6F6. The molecule has 0 aliphatic heterocycles. The molecule has 0 aromatic heterocycles. The minimum atomic E-state index is -5.51. The molecule has 0 fully saturated rings. The van der Waals surface area contributed by atoms with Crippen molar-refractivity contribution in [3.63, 3.8) is 0 Å². The van der Waals surface area contributed by atoms with E-state index in [2.05, 4.69) is 11.5 Å². The maximum absolute atomic E-state index is 14.0. The summed E-state index contributed by atoms with van der Waals surface area (Å²) in [7, 11) is 0. The first-order chi connectivity index (χ1) is 9.71. The molecule has 3 rings (SSSR count). The molecule has 0 unspecified atom stereocenters. The summed E-state index contributed by atoms with van der Waals surface area (Å²) >= 11 is 0. The first-order valence-corrected chi connectivity index (χ1v) is 5.87. The van der Waals surface area contributed by atoms with Gasteiger partial charge in [-0.25, -0.2) is 0 Å². The Hall–Kier alpha value is -2.16. The lowest BCUT2D eigenvalue weighted by molar-refractivity contribution is -0.263. The lowest BCUT2D eigenvalue weighted by atomic mass is 9.96. The van der Waals surface area contributed by atoms with Gasteiger partial charge in [-0.05, 0) is 24.3 Å². The van der Waals surface area contributed by atoms with E-state index in [1.165, 1.54) is 24.3 Å². The lowest BCUT2D eigenvalue weighted by Crippen LogP contribution is -2.49. The average molecular weight is 300 g/mol. The van der Waals surface area contributed by atoms with E-state index in [9.17, 15) is 26.3 Å². The standard InChI is InChI=1S/C15H6F6/c16-13(17)11(9-5-1-2-6-9)12(10-7-3-4-8-10)14(18,19)15(13,20)21/h1-5,7H. The number of rotatable bonds is 2. The van der Waals surface area contributed by atoms with Crippen LogP contribution in [-0.4, -0.2) is 17.8 Å². The molecular weight excluding hydrogens is 294 g/mol. The van der Waals surface area contributed by atoms with Gasteiger partial charge in [0, 0.05) is 11.1 Å². The molecule has 0 nitrogen and oxygen atoms in total. The van der Waals surface area contributed by atoms with Gasteiger partial charge in [0.1, 0.15) is 0 Å². The van der Waals surface area contributed by atoms with Crippen LogP contribution in [0.1, 0.15) is 0 Å². The summed E-state index contributed by atoms with van der Waals surface area (Å²) in [6, 6.07) is 0. The van der Waals surface area contributed by atoms with Gasteiger partial charge in [0.2, 0.25) is 0 Å². The van der Waals surface area contributed by atoms with Crippen LogP contribution in [0.3, 0.4) is 0 Å². The summed E-state index contributed by atoms with van der Waals surface area (Å²) in [5.74, 6) is -15.5. The smallest absolute Gasteiger partial charge is 0.194 e. The van der Waals surface area contributed by atoms with Gasteiger partial charge in [0.05, 0.1) is 11.1 Å². The van der Waals surface area contributed by atoms with E-state index in [0.717, 1.165) is 12.2 Å². The quantitative estimate of drug-likeness (QED) is 0.520. The van der Waals surface area contributed by atoms with Crippen molar-refractivity contribution in [2.45, 2.75) is 17.8 Å². The highest BCUT2D eigenvalue weighted by molar-refractivity contribution is 5.65. The van der Waals surface area contributed by atoms with Gasteiger partial charge in [-0.15, -0.1) is 11.5 Å². The maximum Gasteiger partial charge on any atom is 0.380 e. The highest BCUT2D eigenvalue weighted by atomic mass is 19.3. The van der Waals surface area contributed by atoms with E-state index in [4.69, 9.17) is 0 Å². The van der Waals surface area contributed by atoms with Gasteiger partial charge in [0.15, 0.2) is 0 Å². The molecule has 21 heavy (non-hydrogen) atoms. The van der Waals surface area contributed by atoms with Crippen molar-refractivity contribution in [2.75, 3.05) is 0 Å². The van der Waals surface area contributed by atoms with Crippen LogP contribution in [0, 0.1) is 0 Å². The third-order valence-corrected chi connectivity index (χ3v) is 3.40. The lowest BCUT2D eigenvalue weighted by Gasteiger charge is -2.25. The van der Waals surface area contributed by atoms with Crippen LogP contribution in [0.25, 0.3) is 0 Å². The number of hydrogen-bond acceptors (Lipinski definition) is 0. The maximum atomic E-state index is 14.0. The van der Waals surface area contributed by atoms with Crippen molar-refractivity contribution < 1.29 is 26.3 Å². The van der Waals surface area contributed by atoms with E-state index in [-0.39, 0.29) is 0 Å². The first kappa shape index (κ1) is 13.8. The van der Waals surface area contributed by atoms with Gasteiger partial charge >= 0.3 is 17.8 Å². The fourth-order valence-corrected chi connectivity index (χ4v) is 2.40. The minimum Gasteiger partial charge on any atom is -0.194 e. The van der Waals surface area contributed by atoms with E-state index in [1.807, 2.05) is 0 Å². The van der Waals surface area contributed by atoms with Crippen LogP contribution in [0.2, 0.25) is 0 Å². The Bertz CT molecular complexity index is 683. The third-order valence-electron chi connectivity index (χ3n) is 3.40. The largest absolute Gasteiger partial charge is 0.380 e. The molecule has 0 saturated heterocycles. The van der Waals surface area contributed by atoms with Crippen molar-refractivity contribution in [1.29, 1.82) is 0 Å². The van der Waals surface area contributed by atoms with Crippen LogP contribution in [-0.2, 0) is 0 Å². The second kappa shape index (κ2) is 3.94. The average Bonchev–Trinajstić information content (AvgIpc) is 3.08. The molecule has 0 atom stereocenters. The monoisotopic (exact) mass is 300 g/mol. The predicted octanol–water partition coefficient (Wildman–Crippen LogP) is 4.51. The normalized spacial score (nSPS) is 26.8. The molecule has 0 spiro atoms. The topological polar surface area (TPSA) is 0 Å². The highest BCUT2D eigenvalue weighted by Gasteiger charge is 2.80. The van der Waals surface area contributed by atoms with Crippen molar-refractivity contribution in [1.82, 2.24) is 0 Å². The molecule has 0 saturated carbocycles. The molecule has 0 bridgehead atoms. The van der Waals surface area contributed by atoms with E-state index in [1.54, 1.807) is 0 Å². The minimum absolute atomic E-state index is 0.471. The number of halogens is 6. The summed E-state index contributed by atoms with van der Waals surface area (Å²) in [6.45, 7) is 0. The van der Waals surface area contributed by atoms with Gasteiger partial charge < -0.3 is 0 Å². The van der Waals surface area contributed by atoms with Gasteiger partial charge in [-0.3, -0.25) is 0 Å². The number of hydrogen-bond donors (Lipinski definition) is 0. The van der Waals surface area contributed by atoms with Crippen molar-refractivity contribution in [3.8, 4) is 0 Å². The molecule has 0 heterocycles. The van der Waals surface area contributed by atoms with E-state index >= 15 is 0 Å². The van der Waals surface area contributed by atoms with Crippen molar-refractivity contribution in [3.05, 3.63) is 70.2 Å². The van der Waals surface area contributed by atoms with E-state index < -0.39 is 40.1 Å². The second-order valence-corrected chi connectivity index (χ2v) is 4.64. The zero-order valence-electron chi connectivity index (χ0n) is 10.2. The molecule has 0 amide bonds. The Morgan fingerprint density at radius 1 is 0.667 bits per heavy atom. The molecule has 0 aromatic rings. The van der Waals surface area contributed by atoms with Crippen molar-refractivity contribution >= 4 is 0 Å². The molecule has 3 aliphatic carbocycles. The summed E-state index contributed by atoms with van der Waals surface area (Å²) in [5, 5.41) is 0. The van der Waals surface area contributed by atoms with Crippen LogP contribution in [0.15, 0.2) is 70.2 Å². The van der Waals surface area contributed by atoms with Gasteiger partial charge in [0.25, 0.3) is 0 Å². The zero-order chi connectivity index (χ0) is 15.5. The summed E-state index contributed by atoms with van der Waals surface area (Å²) < 4.78 is 83.1. The third kappa shape index (κ3) is 1.54. The highest BCUT2D eigenvalue weighted by Crippen LogP contribution is 2.62. The predicted molar refractivity (Wildman–Crippen MR) is 63.3 cm³/mol. The second-order valence-electron chi connectivity index (χ2n) is 4.64. The Morgan fingerprint density at radius 3 is 1.33 bits per heavy atom. The van der Waals surface area contributed by atoms with E-state index in [0.29, 0.717) is 0 Å². The molecule has 3 aliphatic rings. The Balaban J connectivity index is 2.37. The molecule has 108 valence electrons. The SMILES string of the molecule is FC1(F)C(C2=C=CC=C2)=C(C2=C=CC=C2)C(F)(F)C1(F)F. The van der Waals surface area contributed by atoms with Crippen LogP contribution < -0.4 is 0 Å². The van der Waals surface area contributed by atoms with Crippen LogP contribution in [0.5, 0.6) is 0 Å². The Morgan fingerprint density at radius 2 is 1.05 bits per heavy atom. The fraction of sp³-hybridized carbons (Fsp3) is 0.200. The molecule has 0 N–H and O–H groups in total. The summed E-state index contributed by atoms with van der Waals surface area (Å²) in [5.41, 5.74) is 0.829. The van der Waals surface area contributed by atoms with Crippen molar-refractivity contribution in [2.24, 2.45) is 0 Å². The summed E-state index contributed by atoms with van der Waals surface area (Å²) in [4.78, 5) is 0.